The van der Waals surface area contributed by atoms with Crippen molar-refractivity contribution in [2.24, 2.45) is 5.92 Å². The van der Waals surface area contributed by atoms with E-state index in [1.807, 2.05) is 0 Å². The van der Waals surface area contributed by atoms with E-state index in [9.17, 15) is 79.8 Å². The van der Waals surface area contributed by atoms with Gasteiger partial charge in [0, 0.05) is 4.88 Å². The maximum atomic E-state index is 14.4. The van der Waals surface area contributed by atoms with Gasteiger partial charge in [-0.3, -0.25) is 4.79 Å². The van der Waals surface area contributed by atoms with Crippen molar-refractivity contribution in [3.05, 3.63) is 16.0 Å². The van der Waals surface area contributed by atoms with Crippen LogP contribution in [0.1, 0.15) is 47.5 Å². The number of ether oxygens (including phenoxy) is 1. The van der Waals surface area contributed by atoms with E-state index in [0.717, 1.165) is 5.32 Å². The molecule has 1 aromatic heterocycles. The molecule has 0 aliphatic heterocycles. The Morgan fingerprint density at radius 2 is 1.35 bits per heavy atom. The van der Waals surface area contributed by atoms with Crippen molar-refractivity contribution in [3.8, 4) is 0 Å². The summed E-state index contributed by atoms with van der Waals surface area (Å²) in [5.74, 6) is -61.8. The first kappa shape index (κ1) is 36.7. The zero-order chi connectivity index (χ0) is 33.8. The predicted molar refractivity (Wildman–Crippen MR) is 115 cm³/mol. The third-order valence-electron chi connectivity index (χ3n) is 6.33. The zero-order valence-electron chi connectivity index (χ0n) is 21.4. The number of rotatable bonds is 12. The van der Waals surface area contributed by atoms with Crippen LogP contribution in [-0.4, -0.2) is 66.4 Å². The Kier molecular flexibility index (Phi) is 9.79. The van der Waals surface area contributed by atoms with E-state index in [1.54, 1.807) is 6.92 Å². The molecule has 0 spiro atoms. The molecule has 1 amide bonds. The Hall–Kier alpha value is -2.48. The molecule has 0 saturated carbocycles. The first-order valence-corrected chi connectivity index (χ1v) is 12.6. The Labute approximate surface area is 234 Å². The molecule has 1 N–H and O–H groups in total. The van der Waals surface area contributed by atoms with Crippen LogP contribution in [0.25, 0.3) is 0 Å². The maximum absolute atomic E-state index is 14.4. The van der Waals surface area contributed by atoms with Gasteiger partial charge in [0.1, 0.15) is 5.00 Å². The van der Waals surface area contributed by atoms with E-state index in [1.165, 1.54) is 6.92 Å². The van der Waals surface area contributed by atoms with Gasteiger partial charge in [0.2, 0.25) is 0 Å². The number of nitrogens with one attached hydrogen (secondary N) is 1. The first-order chi connectivity index (χ1) is 19.2. The van der Waals surface area contributed by atoms with Crippen molar-refractivity contribution in [2.75, 3.05) is 11.9 Å². The molecule has 1 aromatic rings. The van der Waals surface area contributed by atoms with Crippen LogP contribution in [0.5, 0.6) is 0 Å². The van der Waals surface area contributed by atoms with E-state index in [2.05, 4.69) is 0 Å². The van der Waals surface area contributed by atoms with E-state index in [0.29, 0.717) is 6.42 Å². The lowest BCUT2D eigenvalue weighted by Crippen LogP contribution is -2.74. The third-order valence-corrected chi connectivity index (χ3v) is 7.50. The van der Waals surface area contributed by atoms with Crippen molar-refractivity contribution >= 4 is 28.2 Å². The minimum atomic E-state index is -8.62. The minimum Gasteiger partial charge on any atom is -0.462 e. The molecule has 0 saturated heterocycles. The third kappa shape index (κ3) is 5.51. The Bertz CT molecular complexity index is 1210. The van der Waals surface area contributed by atoms with Crippen molar-refractivity contribution in [1.82, 2.24) is 0 Å². The highest BCUT2D eigenvalue weighted by atomic mass is 32.1. The molecule has 2 rings (SSSR count). The number of anilines is 1. The number of hydrogen-bond acceptors (Lipinski definition) is 4. The van der Waals surface area contributed by atoms with Gasteiger partial charge in [-0.05, 0) is 37.2 Å². The molecule has 1 unspecified atom stereocenters. The highest BCUT2D eigenvalue weighted by molar-refractivity contribution is 7.17. The topological polar surface area (TPSA) is 55.4 Å². The largest absolute Gasteiger partial charge is 0.462 e. The van der Waals surface area contributed by atoms with Gasteiger partial charge in [0.25, 0.3) is 0 Å². The van der Waals surface area contributed by atoms with Crippen LogP contribution in [0.4, 0.5) is 75.2 Å². The van der Waals surface area contributed by atoms with Gasteiger partial charge in [-0.2, -0.15) is 61.5 Å². The summed E-state index contributed by atoms with van der Waals surface area (Å²) in [4.78, 5) is 24.8. The van der Waals surface area contributed by atoms with Crippen molar-refractivity contribution in [3.63, 3.8) is 0 Å². The molecule has 0 aromatic carbocycles. The molecule has 1 atom stereocenters. The van der Waals surface area contributed by atoms with Crippen molar-refractivity contribution in [2.45, 2.75) is 87.4 Å². The molecule has 1 heterocycles. The van der Waals surface area contributed by atoms with Crippen LogP contribution in [0, 0.1) is 5.92 Å². The van der Waals surface area contributed by atoms with E-state index < -0.39 is 70.3 Å². The molecule has 1 aliphatic carbocycles. The zero-order valence-corrected chi connectivity index (χ0v) is 22.2. The standard InChI is InChI=1S/C22H19F16NO3S/c1-3-6-42-13(40)11-9-5-4-8(2)7-10(9)43-12(11)39-15(41)17(27,28)19(31,32)21(35,36)22(37,38)20(33,34)18(29,30)16(25,26)14(23)24/h8,14H,3-7H2,1-2H3,(H,39,41). The maximum Gasteiger partial charge on any atom is 0.393 e. The van der Waals surface area contributed by atoms with Gasteiger partial charge < -0.3 is 10.1 Å². The monoisotopic (exact) mass is 681 g/mol. The second-order valence-electron chi connectivity index (χ2n) is 9.52. The average Bonchev–Trinajstić information content (AvgIpc) is 3.22. The lowest BCUT2D eigenvalue weighted by atomic mass is 9.88. The molecule has 4 nitrogen and oxygen atoms in total. The fraction of sp³-hybridized carbons (Fsp3) is 0.727. The number of carbonyl (C=O) groups is 2. The molecule has 43 heavy (non-hydrogen) atoms. The van der Waals surface area contributed by atoms with Gasteiger partial charge in [0.05, 0.1) is 12.2 Å². The number of hydrogen-bond donors (Lipinski definition) is 1. The SMILES string of the molecule is CCCOC(=O)c1c(NC(=O)C(F)(F)C(F)(F)C(F)(F)C(F)(F)C(F)(F)C(F)(F)C(F)(F)C(F)F)sc2c1CCC(C)C2. The van der Waals surface area contributed by atoms with E-state index in [-0.39, 0.29) is 53.6 Å². The number of alkyl halides is 16. The Morgan fingerprint density at radius 3 is 1.84 bits per heavy atom. The van der Waals surface area contributed by atoms with Crippen molar-refractivity contribution in [1.29, 1.82) is 0 Å². The van der Waals surface area contributed by atoms with Crippen LogP contribution in [0.2, 0.25) is 0 Å². The van der Waals surface area contributed by atoms with Crippen LogP contribution >= 0.6 is 11.3 Å². The van der Waals surface area contributed by atoms with Gasteiger partial charge in [-0.25, -0.2) is 13.6 Å². The quantitative estimate of drug-likeness (QED) is 0.179. The van der Waals surface area contributed by atoms with Gasteiger partial charge in [-0.15, -0.1) is 11.3 Å². The molecule has 1 aliphatic rings. The number of fused-ring (bicyclic) bond motifs is 1. The fourth-order valence-corrected chi connectivity index (χ4v) is 5.17. The second-order valence-corrected chi connectivity index (χ2v) is 10.6. The molecule has 248 valence electrons. The second kappa shape index (κ2) is 11.5. The van der Waals surface area contributed by atoms with Crippen LogP contribution < -0.4 is 5.32 Å². The van der Waals surface area contributed by atoms with Gasteiger partial charge in [-0.1, -0.05) is 13.8 Å². The lowest BCUT2D eigenvalue weighted by molar-refractivity contribution is -0.443. The number of halogens is 16. The van der Waals surface area contributed by atoms with Crippen LogP contribution in [-0.2, 0) is 22.4 Å². The number of carbonyl (C=O) groups excluding carboxylic acids is 2. The average molecular weight is 681 g/mol. The van der Waals surface area contributed by atoms with E-state index >= 15 is 0 Å². The summed E-state index contributed by atoms with van der Waals surface area (Å²) in [6, 6.07) is 0. The minimum absolute atomic E-state index is 0.0306. The smallest absolute Gasteiger partial charge is 0.393 e. The molecular formula is C22H19F16NO3S. The highest BCUT2D eigenvalue weighted by Gasteiger charge is 2.94. The van der Waals surface area contributed by atoms with Crippen LogP contribution in [0.3, 0.4) is 0 Å². The van der Waals surface area contributed by atoms with Crippen LogP contribution in [0.15, 0.2) is 0 Å². The summed E-state index contributed by atoms with van der Waals surface area (Å²) >= 11 is 0.288. The summed E-state index contributed by atoms with van der Waals surface area (Å²) in [7, 11) is 0. The normalized spacial score (nSPS) is 17.6. The lowest BCUT2D eigenvalue weighted by Gasteiger charge is -2.42. The molecule has 0 fully saturated rings. The molecule has 0 bridgehead atoms. The predicted octanol–water partition coefficient (Wildman–Crippen LogP) is 8.09. The fourth-order valence-electron chi connectivity index (χ4n) is 3.78. The summed E-state index contributed by atoms with van der Waals surface area (Å²) in [5.41, 5.74) is -0.640. The Balaban J connectivity index is 2.57. The van der Waals surface area contributed by atoms with Gasteiger partial charge in [0.15, 0.2) is 0 Å². The summed E-state index contributed by atoms with van der Waals surface area (Å²) in [6.45, 7) is 2.89. The summed E-state index contributed by atoms with van der Waals surface area (Å²) in [5, 5.41) is -0.104. The molecular weight excluding hydrogens is 662 g/mol. The number of thiophene rings is 1. The van der Waals surface area contributed by atoms with Gasteiger partial charge >= 0.3 is 59.8 Å². The molecule has 21 heteroatoms. The van der Waals surface area contributed by atoms with Crippen molar-refractivity contribution < 1.29 is 84.6 Å². The number of esters is 1. The first-order valence-electron chi connectivity index (χ1n) is 11.7. The number of amides is 1. The summed E-state index contributed by atoms with van der Waals surface area (Å²) < 4.78 is 223. The summed E-state index contributed by atoms with van der Waals surface area (Å²) in [6.07, 6.45) is -5.25. The van der Waals surface area contributed by atoms with E-state index in [4.69, 9.17) is 4.74 Å². The molecule has 0 radical (unpaired) electrons. The Morgan fingerprint density at radius 1 is 0.860 bits per heavy atom. The highest BCUT2D eigenvalue weighted by Crippen LogP contribution is 2.63.